The first kappa shape index (κ1) is 87.5. The fourth-order valence-electron chi connectivity index (χ4n) is 7.30. The van der Waals surface area contributed by atoms with Crippen LogP contribution in [0.25, 0.3) is 22.3 Å². The fraction of sp³-hybridized carbons (Fsp3) is 0.588. The average Bonchev–Trinajstić information content (AvgIpc) is 1.71. The number of ether oxygens (including phenoxy) is 4. The number of amides is 3. The number of aromatic amines is 2. The van der Waals surface area contributed by atoms with Gasteiger partial charge in [0.05, 0.1) is 31.9 Å². The molecule has 0 bridgehead atoms. The van der Waals surface area contributed by atoms with E-state index < -0.39 is 152 Å². The van der Waals surface area contributed by atoms with Gasteiger partial charge in [0, 0.05) is 32.6 Å². The molecule has 2 aliphatic heterocycles. The van der Waals surface area contributed by atoms with Gasteiger partial charge in [-0.1, -0.05) is 31.9 Å². The molecule has 9 unspecified atom stereocenters. The molecule has 2 fully saturated rings. The summed E-state index contributed by atoms with van der Waals surface area (Å²) in [4.78, 5) is 153. The summed E-state index contributed by atoms with van der Waals surface area (Å²) < 4.78 is 115. The van der Waals surface area contributed by atoms with E-state index in [1.807, 2.05) is 0 Å². The molecule has 0 saturated carbocycles. The number of hydrogen-bond donors (Lipinski definition) is 14. The molecule has 2 aliphatic rings. The number of carbonyl (C=O) groups is 4. The van der Waals surface area contributed by atoms with E-state index in [9.17, 15) is 86.1 Å². The van der Waals surface area contributed by atoms with Gasteiger partial charge in [-0.25, -0.2) is 37.2 Å². The number of nitrogen functional groups attached to an aromatic ring is 2. The summed E-state index contributed by atoms with van der Waals surface area (Å²) >= 11 is 10.2. The average molecular weight is 1490 g/mol. The number of carbonyl (C=O) groups excluding carboxylic acids is 3. The normalized spacial score (nSPS) is 23.8. The van der Waals surface area contributed by atoms with Crippen molar-refractivity contribution in [3.63, 3.8) is 0 Å². The number of H-pyrrole nitrogens is 2. The number of nitrogens with two attached hydrogens (primary N) is 4. The monoisotopic (exact) mass is 1490 g/mol. The molecule has 0 radical (unpaired) electrons. The third-order valence-electron chi connectivity index (χ3n) is 10.7. The molecule has 6 heterocycles. The van der Waals surface area contributed by atoms with E-state index in [1.54, 1.807) is 0 Å². The van der Waals surface area contributed by atoms with Gasteiger partial charge in [-0.15, -0.1) is 0 Å². The maximum absolute atomic E-state index is 12.5. The molecule has 2 saturated heterocycles. The second-order valence-electron chi connectivity index (χ2n) is 17.2. The molecule has 3 amide bonds. The third kappa shape index (κ3) is 27.8. The Labute approximate surface area is 587 Å². The van der Waals surface area contributed by atoms with Crippen molar-refractivity contribution >= 4 is 129 Å². The maximum atomic E-state index is 12.5. The van der Waals surface area contributed by atoms with Crippen LogP contribution in [-0.4, -0.2) is 183 Å². The van der Waals surface area contributed by atoms with Crippen LogP contribution in [0.2, 0.25) is 0 Å². The van der Waals surface area contributed by atoms with E-state index in [2.05, 4.69) is 72.1 Å². The van der Waals surface area contributed by atoms with Gasteiger partial charge < -0.3 is 131 Å². The summed E-state index contributed by atoms with van der Waals surface area (Å²) in [6.07, 6.45) is -10.5. The number of aliphatic hydroxyl groups excluding tert-OH is 2. The molecule has 498 valence electrons. The Kier molecular flexibility index (Phi) is 36.0. The molecule has 57 heteroatoms. The van der Waals surface area contributed by atoms with Gasteiger partial charge in [0.1, 0.15) is 72.2 Å². The number of aliphatic hydroxyl groups is 2. The number of fused-ring (bicyclic) bond motifs is 2. The van der Waals surface area contributed by atoms with Crippen LogP contribution in [0.3, 0.4) is 0 Å². The standard InChI is InChI=1S/C19H31N8O17P3S.C14H24N7O14P3S.CH4.3Na/c20-8(1-2-11(29)30)16(32)23-4-3-22-10(28)6-40-14-13(31)9(5-41-46(36,37)44-47(38,39)43-45(33,34)35)42-18(14)27-7-24-12-15(27)25-19(21)26-17(12)48;15-1-2-17-7(22)4-31-10-9(23)6(3-32-37(27,28)35-38(29,30)34-36(24,25)26)33-13(10)21-5-18-8-11(21)19-14(16)20-12(8)39;;;;/h7-9,13-14,18,31H,1-6,20H2,(H,22,28)(H,23,32)(H,29,30)(H,36,37)(H,38,39)(H2,33,34,35)(H3,21,25,26,48);5-6,9-10,13,23H,1-4,15H2,(H,17,22)(H,27,28)(H,29,30)(H2,24,25,26)(H3,16,19,20,39);1H4;;;/q;;;3*+1/p-6/t8?,9-,13+,14?,18-;6-,9+,10?,13-;;;;/m11..../s1. The number of phosphoric ester groups is 2. The predicted molar refractivity (Wildman–Crippen MR) is 280 cm³/mol. The summed E-state index contributed by atoms with van der Waals surface area (Å²) in [5.41, 5.74) is 22.9. The van der Waals surface area contributed by atoms with Crippen LogP contribution in [0, 0.1) is 9.28 Å². The topological polar surface area (TPSA) is 736 Å². The number of nitrogens with zero attached hydrogens (tertiary/aromatic N) is 6. The van der Waals surface area contributed by atoms with Gasteiger partial charge in [-0.2, -0.15) is 0 Å². The molecule has 0 spiro atoms. The number of carboxylic acid groups (broad SMARTS) is 1. The molecule has 6 rings (SSSR count). The van der Waals surface area contributed by atoms with Crippen molar-refractivity contribution in [2.75, 3.05) is 64.1 Å². The number of phosphoric acid groups is 6. The van der Waals surface area contributed by atoms with E-state index in [1.165, 1.54) is 15.5 Å². The number of aliphatic carboxylic acids is 1. The number of imidazole rings is 2. The first-order chi connectivity index (χ1) is 40.2. The number of anilines is 2. The van der Waals surface area contributed by atoms with E-state index in [4.69, 9.17) is 81.2 Å². The first-order valence-electron chi connectivity index (χ1n) is 23.5. The Morgan fingerprint density at radius 2 is 1.03 bits per heavy atom. The van der Waals surface area contributed by atoms with Crippen molar-refractivity contribution in [2.45, 2.75) is 75.4 Å². The Hall–Kier alpha value is -1.48. The van der Waals surface area contributed by atoms with Crippen LogP contribution in [-0.2, 0) is 91.8 Å². The number of rotatable bonds is 31. The third-order valence-corrected chi connectivity index (χ3v) is 18.7. The molecule has 46 nitrogen and oxygen atoms in total. The largest absolute Gasteiger partial charge is 1.00 e. The predicted octanol–water partition coefficient (Wildman–Crippen LogP) is -16.5. The van der Waals surface area contributed by atoms with Gasteiger partial charge in [-0.3, -0.25) is 55.7 Å². The zero-order valence-corrected chi connectivity index (χ0v) is 59.3. The summed E-state index contributed by atoms with van der Waals surface area (Å²) in [6, 6.07) is -1.09. The van der Waals surface area contributed by atoms with Crippen molar-refractivity contribution in [1.82, 2.24) is 55.0 Å². The van der Waals surface area contributed by atoms with Crippen LogP contribution in [0.5, 0.6) is 0 Å². The van der Waals surface area contributed by atoms with E-state index in [0.29, 0.717) is 0 Å². The Morgan fingerprint density at radius 1 is 0.659 bits per heavy atom. The van der Waals surface area contributed by atoms with E-state index >= 15 is 0 Å². The van der Waals surface area contributed by atoms with Crippen LogP contribution in [0.4, 0.5) is 11.9 Å². The number of carboxylic acids is 1. The van der Waals surface area contributed by atoms with Gasteiger partial charge in [0.15, 0.2) is 33.6 Å². The SMILES string of the molecule is C.NCCNC(=O)COC1[C@@H](O)[C@@H](COP(=O)([O-])OP(=O)([O-])OP(=O)([O-])O)O[C@H]1n1cnc2c(=S)nc(N)[nH]c21.Nc1nc(=S)c2ncn([C@@H]3O[C@H](COP(=O)([O-])OP(=O)([O-])OP(=O)([O-])O)[C@H](O)C3OCC(=O)NCCNC(=O)C(N)CCC(=O)O)c2[nH]1.[Na+].[Na+].[Na+]. The number of hydrogen-bond acceptors (Lipinski definition) is 38. The van der Waals surface area contributed by atoms with Crippen molar-refractivity contribution in [1.29, 1.82) is 0 Å². The molecule has 4 aromatic rings. The van der Waals surface area contributed by atoms with Crippen molar-refractivity contribution < 1.29 is 235 Å². The quantitative estimate of drug-likeness (QED) is 0.00963. The van der Waals surface area contributed by atoms with Crippen LogP contribution in [0.15, 0.2) is 12.7 Å². The number of aromatic nitrogens is 8. The minimum absolute atomic E-state index is 0. The van der Waals surface area contributed by atoms with E-state index in [0.717, 1.165) is 6.33 Å². The first-order valence-corrected chi connectivity index (χ1v) is 33.1. The molecule has 0 aliphatic carbocycles. The Balaban J connectivity index is 0.000000888. The summed E-state index contributed by atoms with van der Waals surface area (Å²) in [6.45, 7) is -3.56. The molecular formula is C34H53N15Na3O31P6S2-3. The van der Waals surface area contributed by atoms with E-state index in [-0.39, 0.29) is 179 Å². The fourth-order valence-corrected chi connectivity index (χ4v) is 13.6. The number of nitrogens with one attached hydrogen (secondary N) is 5. The molecule has 18 N–H and O–H groups in total. The van der Waals surface area contributed by atoms with Crippen LogP contribution in [0.1, 0.15) is 32.7 Å². The second kappa shape index (κ2) is 37.5. The minimum Gasteiger partial charge on any atom is -0.756 e. The zero-order chi connectivity index (χ0) is 65.2. The van der Waals surface area contributed by atoms with Gasteiger partial charge in [0.2, 0.25) is 17.7 Å². The minimum atomic E-state index is -6.21. The summed E-state index contributed by atoms with van der Waals surface area (Å²) in [7, 11) is -36.1. The smallest absolute Gasteiger partial charge is 0.756 e. The molecule has 15 atom stereocenters. The van der Waals surface area contributed by atoms with Crippen molar-refractivity contribution in [2.24, 2.45) is 11.5 Å². The van der Waals surface area contributed by atoms with Gasteiger partial charge in [-0.05, 0) is 6.42 Å². The van der Waals surface area contributed by atoms with Crippen molar-refractivity contribution in [3.05, 3.63) is 21.9 Å². The molecular weight excluding hydrogens is 1430 g/mol. The summed E-state index contributed by atoms with van der Waals surface area (Å²) in [5, 5.41) is 37.7. The molecule has 0 aromatic carbocycles. The Bertz CT molecular complexity index is 3570. The summed E-state index contributed by atoms with van der Waals surface area (Å²) in [5.74, 6) is -3.42. The maximum Gasteiger partial charge on any atom is 1.00 e. The molecule has 91 heavy (non-hydrogen) atoms. The van der Waals surface area contributed by atoms with Gasteiger partial charge >= 0.3 is 94.6 Å². The zero-order valence-electron chi connectivity index (χ0n) is 46.3. The van der Waals surface area contributed by atoms with Crippen molar-refractivity contribution in [3.8, 4) is 0 Å². The van der Waals surface area contributed by atoms with Crippen LogP contribution >= 0.6 is 71.4 Å². The second-order valence-corrected chi connectivity index (χ2v) is 26.5. The Morgan fingerprint density at radius 3 is 1.40 bits per heavy atom. The van der Waals surface area contributed by atoms with Gasteiger partial charge in [0.25, 0.3) is 46.9 Å². The molecule has 4 aromatic heterocycles. The van der Waals surface area contributed by atoms with Crippen LogP contribution < -0.4 is 157 Å².